The largest absolute Gasteiger partial charge is 0.478 e. The molecule has 16 heavy (non-hydrogen) atoms. The normalized spacial score (nSPS) is 11.2. The summed E-state index contributed by atoms with van der Waals surface area (Å²) < 4.78 is 26.0. The van der Waals surface area contributed by atoms with Crippen LogP contribution in [0.1, 0.15) is 16.9 Å². The minimum Gasteiger partial charge on any atom is -0.478 e. The number of aromatic nitrogens is 2. The van der Waals surface area contributed by atoms with Crippen molar-refractivity contribution in [3.8, 4) is 0 Å². The Labute approximate surface area is 96.6 Å². The van der Waals surface area contributed by atoms with Crippen LogP contribution < -0.4 is 0 Å². The van der Waals surface area contributed by atoms with Gasteiger partial charge in [-0.2, -0.15) is 13.9 Å². The Kier molecular flexibility index (Phi) is 2.63. The average molecular weight is 291 g/mol. The predicted molar refractivity (Wildman–Crippen MR) is 55.6 cm³/mol. The van der Waals surface area contributed by atoms with Crippen molar-refractivity contribution in [2.45, 2.75) is 6.55 Å². The van der Waals surface area contributed by atoms with Gasteiger partial charge in [-0.3, -0.25) is 0 Å². The maximum Gasteiger partial charge on any atom is 0.335 e. The summed E-state index contributed by atoms with van der Waals surface area (Å²) in [6, 6.07) is 2.52. The standard InChI is InChI=1S/C9H5BrF2N2O2/c10-6-1-4(8(15)16)2-7-5(6)3-13-14(7)9(11)12/h1-3,9H,(H,15,16). The Bertz CT molecular complexity index is 568. The van der Waals surface area contributed by atoms with Gasteiger partial charge in [-0.05, 0) is 12.1 Å². The molecule has 7 heteroatoms. The van der Waals surface area contributed by atoms with Crippen molar-refractivity contribution in [3.63, 3.8) is 0 Å². The highest BCUT2D eigenvalue weighted by Crippen LogP contribution is 2.28. The fourth-order valence-electron chi connectivity index (χ4n) is 1.38. The van der Waals surface area contributed by atoms with Crippen LogP contribution in [-0.2, 0) is 0 Å². The van der Waals surface area contributed by atoms with E-state index < -0.39 is 12.5 Å². The number of fused-ring (bicyclic) bond motifs is 1. The van der Waals surface area contributed by atoms with Gasteiger partial charge < -0.3 is 5.11 Å². The highest BCUT2D eigenvalue weighted by atomic mass is 79.9. The highest BCUT2D eigenvalue weighted by molar-refractivity contribution is 9.10. The molecule has 0 unspecified atom stereocenters. The molecule has 0 radical (unpaired) electrons. The highest BCUT2D eigenvalue weighted by Gasteiger charge is 2.15. The van der Waals surface area contributed by atoms with Crippen LogP contribution in [0, 0.1) is 0 Å². The van der Waals surface area contributed by atoms with Crippen molar-refractivity contribution in [2.75, 3.05) is 0 Å². The Balaban J connectivity index is 2.76. The third-order valence-electron chi connectivity index (χ3n) is 2.10. The van der Waals surface area contributed by atoms with Crippen LogP contribution >= 0.6 is 15.9 Å². The van der Waals surface area contributed by atoms with Crippen LogP contribution in [0.3, 0.4) is 0 Å². The van der Waals surface area contributed by atoms with Crippen LogP contribution in [0.4, 0.5) is 8.78 Å². The molecular formula is C9H5BrF2N2O2. The summed E-state index contributed by atoms with van der Waals surface area (Å²) in [4.78, 5) is 10.8. The number of aromatic carboxylic acids is 1. The van der Waals surface area contributed by atoms with Gasteiger partial charge in [-0.25, -0.2) is 9.48 Å². The fourth-order valence-corrected chi connectivity index (χ4v) is 1.93. The Morgan fingerprint density at radius 1 is 1.50 bits per heavy atom. The molecule has 2 aromatic rings. The lowest BCUT2D eigenvalue weighted by molar-refractivity contribution is 0.0612. The third kappa shape index (κ3) is 1.67. The van der Waals surface area contributed by atoms with Gasteiger partial charge in [0.1, 0.15) is 0 Å². The Hall–Kier alpha value is -1.50. The van der Waals surface area contributed by atoms with Crippen molar-refractivity contribution in [3.05, 3.63) is 28.4 Å². The van der Waals surface area contributed by atoms with Gasteiger partial charge in [0, 0.05) is 9.86 Å². The smallest absolute Gasteiger partial charge is 0.335 e. The maximum atomic E-state index is 12.5. The molecule has 0 aliphatic rings. The van der Waals surface area contributed by atoms with Gasteiger partial charge in [0.15, 0.2) is 0 Å². The van der Waals surface area contributed by atoms with E-state index in [2.05, 4.69) is 21.0 Å². The molecule has 1 aromatic carbocycles. The number of carbonyl (C=O) groups is 1. The molecule has 0 amide bonds. The van der Waals surface area contributed by atoms with Crippen LogP contribution in [0.15, 0.2) is 22.8 Å². The maximum absolute atomic E-state index is 12.5. The monoisotopic (exact) mass is 290 g/mol. The lowest BCUT2D eigenvalue weighted by Gasteiger charge is -2.03. The number of benzene rings is 1. The Morgan fingerprint density at radius 2 is 2.19 bits per heavy atom. The zero-order valence-corrected chi connectivity index (χ0v) is 9.28. The van der Waals surface area contributed by atoms with E-state index in [1.165, 1.54) is 18.3 Å². The Morgan fingerprint density at radius 3 is 2.75 bits per heavy atom. The topological polar surface area (TPSA) is 55.1 Å². The van der Waals surface area contributed by atoms with E-state index in [1.807, 2.05) is 0 Å². The first-order chi connectivity index (χ1) is 7.50. The molecule has 0 saturated heterocycles. The average Bonchev–Trinajstić information content (AvgIpc) is 2.61. The molecule has 1 aromatic heterocycles. The molecule has 4 nitrogen and oxygen atoms in total. The summed E-state index contributed by atoms with van der Waals surface area (Å²) in [6.45, 7) is -2.80. The third-order valence-corrected chi connectivity index (χ3v) is 2.75. The van der Waals surface area contributed by atoms with E-state index in [0.717, 1.165) is 0 Å². The lowest BCUT2D eigenvalue weighted by atomic mass is 10.2. The second-order valence-electron chi connectivity index (χ2n) is 3.06. The molecule has 0 bridgehead atoms. The van der Waals surface area contributed by atoms with Crippen LogP contribution in [0.5, 0.6) is 0 Å². The fraction of sp³-hybridized carbons (Fsp3) is 0.111. The number of hydrogen-bond acceptors (Lipinski definition) is 2. The van der Waals surface area contributed by atoms with Gasteiger partial charge in [0.05, 0.1) is 17.3 Å². The van der Waals surface area contributed by atoms with Gasteiger partial charge in [0.25, 0.3) is 0 Å². The van der Waals surface area contributed by atoms with Crippen LogP contribution in [0.2, 0.25) is 0 Å². The molecule has 0 spiro atoms. The van der Waals surface area contributed by atoms with E-state index in [9.17, 15) is 13.6 Å². The predicted octanol–water partition coefficient (Wildman–Crippen LogP) is 2.89. The first-order valence-electron chi connectivity index (χ1n) is 4.19. The van der Waals surface area contributed by atoms with Crippen molar-refractivity contribution in [1.82, 2.24) is 9.78 Å². The summed E-state index contributed by atoms with van der Waals surface area (Å²) >= 11 is 3.12. The number of carboxylic acid groups (broad SMARTS) is 1. The molecule has 0 aliphatic heterocycles. The van der Waals surface area contributed by atoms with E-state index in [1.54, 1.807) is 0 Å². The van der Waals surface area contributed by atoms with Crippen molar-refractivity contribution in [2.24, 2.45) is 0 Å². The summed E-state index contributed by atoms with van der Waals surface area (Å²) in [5, 5.41) is 12.7. The molecule has 0 fully saturated rings. The summed E-state index contributed by atoms with van der Waals surface area (Å²) in [6.07, 6.45) is 1.26. The van der Waals surface area contributed by atoms with E-state index >= 15 is 0 Å². The van der Waals surface area contributed by atoms with Crippen LogP contribution in [-0.4, -0.2) is 20.9 Å². The summed E-state index contributed by atoms with van der Waals surface area (Å²) in [5.74, 6) is -1.18. The summed E-state index contributed by atoms with van der Waals surface area (Å²) in [5.41, 5.74) is 0.0172. The number of carboxylic acids is 1. The zero-order valence-electron chi connectivity index (χ0n) is 7.69. The molecular weight excluding hydrogens is 286 g/mol. The molecule has 1 N–H and O–H groups in total. The number of alkyl halides is 2. The molecule has 0 saturated carbocycles. The second kappa shape index (κ2) is 3.82. The lowest BCUT2D eigenvalue weighted by Crippen LogP contribution is -2.01. The van der Waals surface area contributed by atoms with Crippen molar-refractivity contribution in [1.29, 1.82) is 0 Å². The molecule has 0 atom stereocenters. The van der Waals surface area contributed by atoms with Gasteiger partial charge in [-0.1, -0.05) is 15.9 Å². The number of hydrogen-bond donors (Lipinski definition) is 1. The molecule has 1 heterocycles. The first-order valence-corrected chi connectivity index (χ1v) is 4.98. The molecule has 84 valence electrons. The quantitative estimate of drug-likeness (QED) is 0.925. The second-order valence-corrected chi connectivity index (χ2v) is 3.92. The number of rotatable bonds is 2. The van der Waals surface area contributed by atoms with E-state index in [-0.39, 0.29) is 11.1 Å². The minimum absolute atomic E-state index is 0.0678. The summed E-state index contributed by atoms with van der Waals surface area (Å²) in [7, 11) is 0. The van der Waals surface area contributed by atoms with Gasteiger partial charge in [0.2, 0.25) is 0 Å². The molecule has 0 aliphatic carbocycles. The SMILES string of the molecule is O=C(O)c1cc(Br)c2cnn(C(F)F)c2c1. The minimum atomic E-state index is -2.80. The van der Waals surface area contributed by atoms with E-state index in [4.69, 9.17) is 5.11 Å². The van der Waals surface area contributed by atoms with Gasteiger partial charge >= 0.3 is 12.5 Å². The zero-order chi connectivity index (χ0) is 11.9. The number of halogens is 3. The molecule has 2 rings (SSSR count). The van der Waals surface area contributed by atoms with Gasteiger partial charge in [-0.15, -0.1) is 0 Å². The number of nitrogens with zero attached hydrogens (tertiary/aromatic N) is 2. The van der Waals surface area contributed by atoms with E-state index in [0.29, 0.717) is 14.5 Å². The first kappa shape index (κ1) is 11.0. The van der Waals surface area contributed by atoms with Crippen LogP contribution in [0.25, 0.3) is 10.9 Å². The van der Waals surface area contributed by atoms with Crippen molar-refractivity contribution >= 4 is 32.8 Å². The van der Waals surface area contributed by atoms with Crippen molar-refractivity contribution < 1.29 is 18.7 Å².